The maximum Gasteiger partial charge on any atom is -0.0316 e. The van der Waals surface area contributed by atoms with Gasteiger partial charge in [0.1, 0.15) is 0 Å². The van der Waals surface area contributed by atoms with Crippen LogP contribution in [-0.2, 0) is 0 Å². The molecule has 0 fully saturated rings. The molecule has 0 atom stereocenters. The molecule has 20 heavy (non-hydrogen) atoms. The van der Waals surface area contributed by atoms with E-state index in [0.717, 1.165) is 0 Å². The molecule has 0 aliphatic heterocycles. The lowest BCUT2D eigenvalue weighted by Crippen LogP contribution is -1.83. The van der Waals surface area contributed by atoms with Crippen molar-refractivity contribution >= 4 is 0 Å². The molecule has 0 amide bonds. The minimum absolute atomic E-state index is 1.23. The molecule has 0 nitrogen and oxygen atoms in total. The zero-order valence-corrected chi connectivity index (χ0v) is 13.6. The summed E-state index contributed by atoms with van der Waals surface area (Å²) >= 11 is 0. The molecule has 1 aliphatic rings. The Hall–Kier alpha value is -0.520. The first kappa shape index (κ1) is 17.5. The van der Waals surface area contributed by atoms with Crippen molar-refractivity contribution in [2.75, 3.05) is 0 Å². The van der Waals surface area contributed by atoms with Gasteiger partial charge in [0.15, 0.2) is 0 Å². The van der Waals surface area contributed by atoms with Gasteiger partial charge in [0, 0.05) is 0 Å². The van der Waals surface area contributed by atoms with Crippen LogP contribution in [0.15, 0.2) is 24.3 Å². The van der Waals surface area contributed by atoms with Crippen LogP contribution in [-0.4, -0.2) is 0 Å². The SMILES string of the molecule is C1=CCCCCCCCCCCCCCC/C=C/CC1. The van der Waals surface area contributed by atoms with Gasteiger partial charge in [-0.25, -0.2) is 0 Å². The van der Waals surface area contributed by atoms with E-state index in [-0.39, 0.29) is 0 Å². The molecule has 0 heterocycles. The summed E-state index contributed by atoms with van der Waals surface area (Å²) in [6.07, 6.45) is 32.0. The highest BCUT2D eigenvalue weighted by Gasteiger charge is 1.93. The van der Waals surface area contributed by atoms with Crippen LogP contribution in [0.4, 0.5) is 0 Å². The van der Waals surface area contributed by atoms with Gasteiger partial charge >= 0.3 is 0 Å². The maximum atomic E-state index is 2.40. The predicted octanol–water partition coefficient (Wildman–Crippen LogP) is 7.35. The van der Waals surface area contributed by atoms with Gasteiger partial charge in [0.2, 0.25) is 0 Å². The van der Waals surface area contributed by atoms with Crippen LogP contribution in [0.25, 0.3) is 0 Å². The van der Waals surface area contributed by atoms with Gasteiger partial charge in [-0.05, 0) is 38.5 Å². The molecule has 0 aromatic rings. The highest BCUT2D eigenvalue weighted by atomic mass is 14.0. The summed E-state index contributed by atoms with van der Waals surface area (Å²) in [6.45, 7) is 0. The lowest BCUT2D eigenvalue weighted by molar-refractivity contribution is 0.542. The highest BCUT2D eigenvalue weighted by molar-refractivity contribution is 4.88. The number of hydrogen-bond acceptors (Lipinski definition) is 0. The molecule has 0 unspecified atom stereocenters. The minimum atomic E-state index is 1.23. The van der Waals surface area contributed by atoms with Crippen LogP contribution >= 0.6 is 0 Å². The van der Waals surface area contributed by atoms with Crippen molar-refractivity contribution in [3.8, 4) is 0 Å². The van der Waals surface area contributed by atoms with Crippen molar-refractivity contribution in [2.24, 2.45) is 0 Å². The second-order valence-corrected chi connectivity index (χ2v) is 6.34. The van der Waals surface area contributed by atoms with Crippen LogP contribution in [0, 0.1) is 0 Å². The zero-order valence-electron chi connectivity index (χ0n) is 13.6. The molecule has 0 spiro atoms. The third-order valence-electron chi connectivity index (χ3n) is 4.32. The fourth-order valence-corrected chi connectivity index (χ4v) is 2.96. The Morgan fingerprint density at radius 2 is 0.500 bits per heavy atom. The Kier molecular flexibility index (Phi) is 13.0. The van der Waals surface area contributed by atoms with E-state index >= 15 is 0 Å². The van der Waals surface area contributed by atoms with Crippen LogP contribution in [0.5, 0.6) is 0 Å². The normalized spacial score (nSPS) is 24.0. The molecule has 1 rings (SSSR count). The van der Waals surface area contributed by atoms with Crippen LogP contribution < -0.4 is 0 Å². The highest BCUT2D eigenvalue weighted by Crippen LogP contribution is 2.13. The van der Waals surface area contributed by atoms with E-state index in [4.69, 9.17) is 0 Å². The summed E-state index contributed by atoms with van der Waals surface area (Å²) in [6, 6.07) is 0. The fourth-order valence-electron chi connectivity index (χ4n) is 2.96. The fraction of sp³-hybridized carbons (Fsp3) is 0.800. The first-order valence-corrected chi connectivity index (χ1v) is 9.30. The van der Waals surface area contributed by atoms with Gasteiger partial charge < -0.3 is 0 Å². The lowest BCUT2D eigenvalue weighted by atomic mass is 10.0. The summed E-state index contributed by atoms with van der Waals surface area (Å²) in [5, 5.41) is 0. The standard InChI is InChI=1S/C20H36/c1-2-4-6-8-10-12-14-16-18-20-19-17-15-13-11-9-7-5-3-1/h1-2,7,9H,3-6,8,10-20H2/b2-1+,9-7?. The molecule has 0 N–H and O–H groups in total. The molecule has 116 valence electrons. The summed E-state index contributed by atoms with van der Waals surface area (Å²) in [7, 11) is 0. The van der Waals surface area contributed by atoms with E-state index in [9.17, 15) is 0 Å². The largest absolute Gasteiger partial charge is 0.0885 e. The van der Waals surface area contributed by atoms with Crippen molar-refractivity contribution in [1.82, 2.24) is 0 Å². The second kappa shape index (κ2) is 14.9. The van der Waals surface area contributed by atoms with E-state index in [1.54, 1.807) is 0 Å². The van der Waals surface area contributed by atoms with Gasteiger partial charge in [-0.2, -0.15) is 0 Å². The smallest absolute Gasteiger partial charge is 0.0316 e. The van der Waals surface area contributed by atoms with Crippen LogP contribution in [0.2, 0.25) is 0 Å². The molecular formula is C20H36. The average molecular weight is 277 g/mol. The van der Waals surface area contributed by atoms with Crippen molar-refractivity contribution in [3.05, 3.63) is 24.3 Å². The van der Waals surface area contributed by atoms with Crippen molar-refractivity contribution in [1.29, 1.82) is 0 Å². The van der Waals surface area contributed by atoms with Gasteiger partial charge in [0.05, 0.1) is 0 Å². The van der Waals surface area contributed by atoms with Gasteiger partial charge in [-0.3, -0.25) is 0 Å². The Morgan fingerprint density at radius 1 is 0.250 bits per heavy atom. The van der Waals surface area contributed by atoms with E-state index in [1.165, 1.54) is 103 Å². The summed E-state index contributed by atoms with van der Waals surface area (Å²) in [5.74, 6) is 0. The van der Waals surface area contributed by atoms with Gasteiger partial charge in [0.25, 0.3) is 0 Å². The molecule has 0 radical (unpaired) electrons. The molecule has 0 aromatic heterocycles. The van der Waals surface area contributed by atoms with Crippen LogP contribution in [0.1, 0.15) is 103 Å². The molecule has 0 saturated carbocycles. The third-order valence-corrected chi connectivity index (χ3v) is 4.32. The lowest BCUT2D eigenvalue weighted by Gasteiger charge is -2.03. The summed E-state index contributed by atoms with van der Waals surface area (Å²) < 4.78 is 0. The van der Waals surface area contributed by atoms with Crippen molar-refractivity contribution in [2.45, 2.75) is 103 Å². The zero-order chi connectivity index (χ0) is 14.1. The monoisotopic (exact) mass is 276 g/mol. The topological polar surface area (TPSA) is 0 Å². The quantitative estimate of drug-likeness (QED) is 0.405. The molecule has 0 heteroatoms. The third kappa shape index (κ3) is 12.5. The molecule has 1 aliphatic carbocycles. The van der Waals surface area contributed by atoms with E-state index < -0.39 is 0 Å². The van der Waals surface area contributed by atoms with E-state index in [0.29, 0.717) is 0 Å². The summed E-state index contributed by atoms with van der Waals surface area (Å²) in [4.78, 5) is 0. The molecule has 0 bridgehead atoms. The summed E-state index contributed by atoms with van der Waals surface area (Å²) in [5.41, 5.74) is 0. The van der Waals surface area contributed by atoms with E-state index in [1.807, 2.05) is 0 Å². The van der Waals surface area contributed by atoms with Crippen molar-refractivity contribution < 1.29 is 0 Å². The first-order valence-electron chi connectivity index (χ1n) is 9.30. The average Bonchev–Trinajstić information content (AvgIpc) is 2.46. The molecule has 0 aromatic carbocycles. The number of rotatable bonds is 0. The van der Waals surface area contributed by atoms with E-state index in [2.05, 4.69) is 24.3 Å². The van der Waals surface area contributed by atoms with Crippen LogP contribution in [0.3, 0.4) is 0 Å². The van der Waals surface area contributed by atoms with Crippen molar-refractivity contribution in [3.63, 3.8) is 0 Å². The Morgan fingerprint density at radius 3 is 0.850 bits per heavy atom. The minimum Gasteiger partial charge on any atom is -0.0885 e. The number of allylic oxidation sites excluding steroid dienone is 4. The Balaban J connectivity index is 2.11. The Labute approximate surface area is 127 Å². The molecular weight excluding hydrogens is 240 g/mol. The molecule has 0 saturated heterocycles. The second-order valence-electron chi connectivity index (χ2n) is 6.34. The van der Waals surface area contributed by atoms with Gasteiger partial charge in [-0.1, -0.05) is 88.5 Å². The van der Waals surface area contributed by atoms with Gasteiger partial charge in [-0.15, -0.1) is 0 Å². The maximum absolute atomic E-state index is 2.40. The predicted molar refractivity (Wildman–Crippen MR) is 92.2 cm³/mol. The number of hydrogen-bond donors (Lipinski definition) is 0. The Bertz CT molecular complexity index is 210. The first-order chi connectivity index (χ1) is 10.0.